The number of nitrogens with one attached hydrogen (secondary N) is 1. The first-order valence-corrected chi connectivity index (χ1v) is 7.45. The Bertz CT molecular complexity index is 193. The van der Waals surface area contributed by atoms with Gasteiger partial charge < -0.3 is 10.1 Å². The molecule has 0 spiro atoms. The van der Waals surface area contributed by atoms with Gasteiger partial charge in [-0.3, -0.25) is 4.79 Å². The van der Waals surface area contributed by atoms with Gasteiger partial charge in [0.05, 0.1) is 13.0 Å². The smallest absolute Gasteiger partial charge is 0.306 e. The minimum Gasteiger partial charge on any atom is -0.466 e. The molecule has 16 heavy (non-hydrogen) atoms. The molecule has 0 radical (unpaired) electrons. The van der Waals surface area contributed by atoms with E-state index < -0.39 is 0 Å². The lowest BCUT2D eigenvalue weighted by atomic mass is 10.0. The zero-order chi connectivity index (χ0) is 11.6. The van der Waals surface area contributed by atoms with Gasteiger partial charge in [-0.25, -0.2) is 0 Å². The molecule has 0 amide bonds. The third kappa shape index (κ3) is 6.38. The molecule has 1 fully saturated rings. The summed E-state index contributed by atoms with van der Waals surface area (Å²) >= 11 is 1.86. The van der Waals surface area contributed by atoms with Crippen LogP contribution in [0.25, 0.3) is 0 Å². The summed E-state index contributed by atoms with van der Waals surface area (Å²) in [6.45, 7) is 3.52. The average Bonchev–Trinajstić information content (AvgIpc) is 2.30. The molecule has 0 aromatic carbocycles. The SMILES string of the molecule is CCOC(=O)CCSCCC1CCCCN1. The van der Waals surface area contributed by atoms with Gasteiger partial charge in [-0.2, -0.15) is 11.8 Å². The van der Waals surface area contributed by atoms with Crippen LogP contribution in [0.3, 0.4) is 0 Å². The van der Waals surface area contributed by atoms with Crippen LogP contribution in [0.4, 0.5) is 0 Å². The van der Waals surface area contributed by atoms with Gasteiger partial charge in [0.1, 0.15) is 0 Å². The maximum absolute atomic E-state index is 11.1. The highest BCUT2D eigenvalue weighted by Gasteiger charge is 2.11. The van der Waals surface area contributed by atoms with E-state index in [1.54, 1.807) is 0 Å². The standard InChI is InChI=1S/C12H23NO2S/c1-2-15-12(14)7-10-16-9-6-11-5-3-4-8-13-11/h11,13H,2-10H2,1H3. The van der Waals surface area contributed by atoms with E-state index in [0.717, 1.165) is 11.5 Å². The summed E-state index contributed by atoms with van der Waals surface area (Å²) in [4.78, 5) is 11.1. The zero-order valence-corrected chi connectivity index (χ0v) is 11.0. The molecular weight excluding hydrogens is 222 g/mol. The maximum atomic E-state index is 11.1. The molecule has 1 aliphatic heterocycles. The molecule has 1 unspecified atom stereocenters. The molecule has 0 saturated carbocycles. The first kappa shape index (κ1) is 13.8. The van der Waals surface area contributed by atoms with E-state index in [0.29, 0.717) is 19.1 Å². The van der Waals surface area contributed by atoms with Gasteiger partial charge in [0.2, 0.25) is 0 Å². The van der Waals surface area contributed by atoms with Gasteiger partial charge in [0, 0.05) is 11.8 Å². The topological polar surface area (TPSA) is 38.3 Å². The van der Waals surface area contributed by atoms with Crippen LogP contribution in [0, 0.1) is 0 Å². The molecule has 1 atom stereocenters. The second-order valence-electron chi connectivity index (χ2n) is 4.10. The van der Waals surface area contributed by atoms with Crippen molar-refractivity contribution in [1.82, 2.24) is 5.32 Å². The number of piperidine rings is 1. The van der Waals surface area contributed by atoms with Crippen molar-refractivity contribution in [1.29, 1.82) is 0 Å². The number of ether oxygens (including phenoxy) is 1. The number of carbonyl (C=O) groups is 1. The summed E-state index contributed by atoms with van der Waals surface area (Å²) in [6, 6.07) is 0.712. The predicted octanol–water partition coefficient (Wildman–Crippen LogP) is 2.21. The average molecular weight is 245 g/mol. The van der Waals surface area contributed by atoms with Crippen molar-refractivity contribution < 1.29 is 9.53 Å². The number of hydrogen-bond donors (Lipinski definition) is 1. The van der Waals surface area contributed by atoms with E-state index in [9.17, 15) is 4.79 Å². The molecule has 1 saturated heterocycles. The lowest BCUT2D eigenvalue weighted by Crippen LogP contribution is -2.34. The number of carbonyl (C=O) groups excluding carboxylic acids is 1. The molecule has 4 heteroatoms. The highest BCUT2D eigenvalue weighted by Crippen LogP contribution is 2.13. The molecular formula is C12H23NO2S. The molecule has 3 nitrogen and oxygen atoms in total. The Labute approximate surface area is 103 Å². The van der Waals surface area contributed by atoms with E-state index >= 15 is 0 Å². The highest BCUT2D eigenvalue weighted by atomic mass is 32.2. The van der Waals surface area contributed by atoms with E-state index in [1.165, 1.54) is 32.2 Å². The van der Waals surface area contributed by atoms with Gasteiger partial charge in [-0.15, -0.1) is 0 Å². The fourth-order valence-electron chi connectivity index (χ4n) is 1.89. The first-order valence-electron chi connectivity index (χ1n) is 6.29. The van der Waals surface area contributed by atoms with Crippen LogP contribution in [0.1, 0.15) is 39.0 Å². The van der Waals surface area contributed by atoms with Crippen molar-refractivity contribution in [3.05, 3.63) is 0 Å². The Morgan fingerprint density at radius 2 is 2.31 bits per heavy atom. The molecule has 0 bridgehead atoms. The second-order valence-corrected chi connectivity index (χ2v) is 5.33. The summed E-state index contributed by atoms with van der Waals surface area (Å²) < 4.78 is 4.87. The lowest BCUT2D eigenvalue weighted by Gasteiger charge is -2.23. The van der Waals surface area contributed by atoms with E-state index in [2.05, 4.69) is 5.32 Å². The van der Waals surface area contributed by atoms with Gasteiger partial charge >= 0.3 is 5.97 Å². The van der Waals surface area contributed by atoms with Gasteiger partial charge in [0.25, 0.3) is 0 Å². The monoisotopic (exact) mass is 245 g/mol. The van der Waals surface area contributed by atoms with Crippen LogP contribution in [0.5, 0.6) is 0 Å². The van der Waals surface area contributed by atoms with E-state index in [-0.39, 0.29) is 5.97 Å². The molecule has 1 N–H and O–H groups in total. The Kier molecular flexibility index (Phi) is 7.68. The molecule has 94 valence electrons. The third-order valence-electron chi connectivity index (χ3n) is 2.78. The number of hydrogen-bond acceptors (Lipinski definition) is 4. The van der Waals surface area contributed by atoms with Crippen molar-refractivity contribution in [2.75, 3.05) is 24.7 Å². The third-order valence-corrected chi connectivity index (χ3v) is 3.80. The molecule has 0 aromatic heterocycles. The second kappa shape index (κ2) is 8.88. The lowest BCUT2D eigenvalue weighted by molar-refractivity contribution is -0.142. The molecule has 0 aromatic rings. The molecule has 1 heterocycles. The largest absolute Gasteiger partial charge is 0.466 e. The van der Waals surface area contributed by atoms with Crippen molar-refractivity contribution in [2.24, 2.45) is 0 Å². The zero-order valence-electron chi connectivity index (χ0n) is 10.2. The molecule has 1 rings (SSSR count). The van der Waals surface area contributed by atoms with Gasteiger partial charge in [0.15, 0.2) is 0 Å². The summed E-state index contributed by atoms with van der Waals surface area (Å²) in [5, 5.41) is 3.53. The minimum atomic E-state index is -0.0641. The van der Waals surface area contributed by atoms with Crippen molar-refractivity contribution in [3.8, 4) is 0 Å². The predicted molar refractivity (Wildman–Crippen MR) is 68.8 cm³/mol. The fourth-order valence-corrected chi connectivity index (χ4v) is 2.85. The number of thioether (sulfide) groups is 1. The Balaban J connectivity index is 1.89. The van der Waals surface area contributed by atoms with Gasteiger partial charge in [-0.05, 0) is 38.5 Å². The highest BCUT2D eigenvalue weighted by molar-refractivity contribution is 7.99. The van der Waals surface area contributed by atoms with Crippen molar-refractivity contribution >= 4 is 17.7 Å². The van der Waals surface area contributed by atoms with Crippen LogP contribution >= 0.6 is 11.8 Å². The van der Waals surface area contributed by atoms with Crippen molar-refractivity contribution in [2.45, 2.75) is 45.1 Å². The molecule has 0 aliphatic carbocycles. The quantitative estimate of drug-likeness (QED) is 0.551. The van der Waals surface area contributed by atoms with Crippen LogP contribution in [-0.4, -0.2) is 36.7 Å². The normalized spacial score (nSPS) is 20.7. The van der Waals surface area contributed by atoms with Crippen molar-refractivity contribution in [3.63, 3.8) is 0 Å². The van der Waals surface area contributed by atoms with Gasteiger partial charge in [-0.1, -0.05) is 6.42 Å². The van der Waals surface area contributed by atoms with Crippen LogP contribution in [0.2, 0.25) is 0 Å². The van der Waals surface area contributed by atoms with Crippen LogP contribution in [-0.2, 0) is 9.53 Å². The van der Waals surface area contributed by atoms with E-state index in [1.807, 2.05) is 18.7 Å². The number of rotatable bonds is 7. The van der Waals surface area contributed by atoms with Crippen LogP contribution < -0.4 is 5.32 Å². The Morgan fingerprint density at radius 1 is 1.44 bits per heavy atom. The van der Waals surface area contributed by atoms with Crippen LogP contribution in [0.15, 0.2) is 0 Å². The Hall–Kier alpha value is -0.220. The first-order chi connectivity index (χ1) is 7.83. The van der Waals surface area contributed by atoms with E-state index in [4.69, 9.17) is 4.74 Å². The minimum absolute atomic E-state index is 0.0641. The Morgan fingerprint density at radius 3 is 3.00 bits per heavy atom. The fraction of sp³-hybridized carbons (Fsp3) is 0.917. The maximum Gasteiger partial charge on any atom is 0.306 e. The summed E-state index contributed by atoms with van der Waals surface area (Å²) in [5.74, 6) is 1.98. The summed E-state index contributed by atoms with van der Waals surface area (Å²) in [6.07, 6.45) is 5.79. The molecule has 1 aliphatic rings. The summed E-state index contributed by atoms with van der Waals surface area (Å²) in [7, 11) is 0. The summed E-state index contributed by atoms with van der Waals surface area (Å²) in [5.41, 5.74) is 0. The number of esters is 1.